The van der Waals surface area contributed by atoms with Crippen LogP contribution in [-0.4, -0.2) is 27.4 Å². The molecule has 1 aromatic heterocycles. The first kappa shape index (κ1) is 20.4. The molecule has 10 heteroatoms. The number of carbonyl (C=O) groups excluding carboxylic acids is 2. The van der Waals surface area contributed by atoms with Crippen molar-refractivity contribution in [2.75, 3.05) is 22.4 Å². The summed E-state index contributed by atoms with van der Waals surface area (Å²) in [5.74, 6) is -0.343. The zero-order chi connectivity index (χ0) is 20.9. The summed E-state index contributed by atoms with van der Waals surface area (Å²) < 4.78 is 27.1. The normalized spacial score (nSPS) is 10.8. The first-order chi connectivity index (χ1) is 13.9. The fourth-order valence-electron chi connectivity index (χ4n) is 2.35. The van der Waals surface area contributed by atoms with Crippen LogP contribution in [0.25, 0.3) is 0 Å². The first-order valence-electron chi connectivity index (χ1n) is 8.44. The summed E-state index contributed by atoms with van der Waals surface area (Å²) in [6.07, 6.45) is 0. The summed E-state index contributed by atoms with van der Waals surface area (Å²) >= 11 is 1.12. The lowest BCUT2D eigenvalue weighted by Gasteiger charge is -2.09. The molecule has 3 aromatic rings. The highest BCUT2D eigenvalue weighted by Crippen LogP contribution is 2.21. The van der Waals surface area contributed by atoms with E-state index in [1.165, 1.54) is 37.4 Å². The third kappa shape index (κ3) is 5.33. The summed E-state index contributed by atoms with van der Waals surface area (Å²) in [6, 6.07) is 15.6. The fraction of sp³-hybridized carbons (Fsp3) is 0.0526. The van der Waals surface area contributed by atoms with E-state index < -0.39 is 10.0 Å². The van der Waals surface area contributed by atoms with E-state index in [0.29, 0.717) is 22.6 Å². The van der Waals surface area contributed by atoms with Gasteiger partial charge >= 0.3 is 6.03 Å². The molecule has 1 heterocycles. The van der Waals surface area contributed by atoms with E-state index in [1.54, 1.807) is 35.7 Å². The Morgan fingerprint density at radius 1 is 0.828 bits per heavy atom. The molecule has 29 heavy (non-hydrogen) atoms. The lowest BCUT2D eigenvalue weighted by atomic mass is 10.2. The van der Waals surface area contributed by atoms with E-state index >= 15 is 0 Å². The maximum Gasteiger partial charge on any atom is 0.318 e. The van der Waals surface area contributed by atoms with Crippen LogP contribution < -0.4 is 20.7 Å². The van der Waals surface area contributed by atoms with E-state index in [1.807, 2.05) is 0 Å². The van der Waals surface area contributed by atoms with Gasteiger partial charge in [-0.1, -0.05) is 6.07 Å². The first-order valence-corrected chi connectivity index (χ1v) is 10.8. The number of carbonyl (C=O) groups is 2. The van der Waals surface area contributed by atoms with Crippen molar-refractivity contribution in [1.82, 2.24) is 5.32 Å². The molecule has 0 saturated heterocycles. The standard InChI is InChI=1S/C19H18N4O4S2/c1-20-19(25)22-15-10-8-14(9-11-15)21-18(24)13-4-6-16(7-5-13)23-29(26,27)17-3-2-12-28-17/h2-12,23H,1H3,(H,21,24)(H2,20,22,25). The topological polar surface area (TPSA) is 116 Å². The second-order valence-electron chi connectivity index (χ2n) is 5.85. The molecule has 0 aliphatic rings. The Morgan fingerprint density at radius 2 is 1.41 bits per heavy atom. The minimum atomic E-state index is -3.63. The molecular weight excluding hydrogens is 412 g/mol. The quantitative estimate of drug-likeness (QED) is 0.478. The van der Waals surface area contributed by atoms with Crippen LogP contribution in [-0.2, 0) is 10.0 Å². The predicted molar refractivity (Wildman–Crippen MR) is 114 cm³/mol. The van der Waals surface area contributed by atoms with Crippen molar-refractivity contribution >= 4 is 50.4 Å². The van der Waals surface area contributed by atoms with Gasteiger partial charge in [0, 0.05) is 29.7 Å². The lowest BCUT2D eigenvalue weighted by molar-refractivity contribution is 0.102. The van der Waals surface area contributed by atoms with Gasteiger partial charge < -0.3 is 16.0 Å². The maximum atomic E-state index is 12.4. The largest absolute Gasteiger partial charge is 0.341 e. The van der Waals surface area contributed by atoms with Crippen LogP contribution in [0.5, 0.6) is 0 Å². The molecule has 0 saturated carbocycles. The summed E-state index contributed by atoms with van der Waals surface area (Å²) in [5, 5.41) is 9.49. The van der Waals surface area contributed by atoms with Crippen LogP contribution in [0.4, 0.5) is 21.9 Å². The number of hydrogen-bond donors (Lipinski definition) is 4. The second-order valence-corrected chi connectivity index (χ2v) is 8.71. The van der Waals surface area contributed by atoms with Crippen LogP contribution in [0.1, 0.15) is 10.4 Å². The van der Waals surface area contributed by atoms with E-state index in [2.05, 4.69) is 20.7 Å². The molecule has 0 fully saturated rings. The van der Waals surface area contributed by atoms with Crippen LogP contribution in [0.3, 0.4) is 0 Å². The Hall–Kier alpha value is -3.37. The Balaban J connectivity index is 1.62. The summed E-state index contributed by atoms with van der Waals surface area (Å²) in [5.41, 5.74) is 1.88. The number of thiophene rings is 1. The predicted octanol–water partition coefficient (Wildman–Crippen LogP) is 3.55. The smallest absolute Gasteiger partial charge is 0.318 e. The molecule has 3 rings (SSSR count). The van der Waals surface area contributed by atoms with Crippen LogP contribution >= 0.6 is 11.3 Å². The van der Waals surface area contributed by atoms with Crippen molar-refractivity contribution < 1.29 is 18.0 Å². The van der Waals surface area contributed by atoms with Gasteiger partial charge in [0.15, 0.2) is 0 Å². The van der Waals surface area contributed by atoms with Crippen molar-refractivity contribution in [2.24, 2.45) is 0 Å². The molecule has 3 amide bonds. The van der Waals surface area contributed by atoms with Gasteiger partial charge in [0.05, 0.1) is 0 Å². The highest BCUT2D eigenvalue weighted by atomic mass is 32.2. The van der Waals surface area contributed by atoms with Crippen molar-refractivity contribution in [3.8, 4) is 0 Å². The highest BCUT2D eigenvalue weighted by Gasteiger charge is 2.15. The van der Waals surface area contributed by atoms with Crippen LogP contribution in [0.15, 0.2) is 70.3 Å². The molecule has 8 nitrogen and oxygen atoms in total. The Kier molecular flexibility index (Phi) is 6.15. The number of anilines is 3. The zero-order valence-corrected chi connectivity index (χ0v) is 16.9. The maximum absolute atomic E-state index is 12.4. The SMILES string of the molecule is CNC(=O)Nc1ccc(NC(=O)c2ccc(NS(=O)(=O)c3cccs3)cc2)cc1. The second kappa shape index (κ2) is 8.76. The van der Waals surface area contributed by atoms with Gasteiger partial charge in [-0.2, -0.15) is 0 Å². The van der Waals surface area contributed by atoms with Gasteiger partial charge in [-0.05, 0) is 60.0 Å². The third-order valence-electron chi connectivity index (χ3n) is 3.79. The van der Waals surface area contributed by atoms with Crippen molar-refractivity contribution in [3.63, 3.8) is 0 Å². The summed E-state index contributed by atoms with van der Waals surface area (Å²) in [4.78, 5) is 23.7. The monoisotopic (exact) mass is 430 g/mol. The van der Waals surface area contributed by atoms with Gasteiger partial charge in [-0.15, -0.1) is 11.3 Å². The number of benzene rings is 2. The highest BCUT2D eigenvalue weighted by molar-refractivity contribution is 7.94. The Labute approximate surface area is 172 Å². The fourth-order valence-corrected chi connectivity index (χ4v) is 4.40. The summed E-state index contributed by atoms with van der Waals surface area (Å²) in [6.45, 7) is 0. The van der Waals surface area contributed by atoms with E-state index in [-0.39, 0.29) is 16.1 Å². The number of urea groups is 1. The van der Waals surface area contributed by atoms with Gasteiger partial charge in [0.1, 0.15) is 4.21 Å². The molecule has 0 bridgehead atoms. The molecule has 0 aliphatic heterocycles. The molecule has 0 unspecified atom stereocenters. The number of sulfonamides is 1. The van der Waals surface area contributed by atoms with Crippen molar-refractivity contribution in [3.05, 3.63) is 71.6 Å². The Bertz CT molecular complexity index is 1090. The molecule has 2 aromatic carbocycles. The lowest BCUT2D eigenvalue weighted by Crippen LogP contribution is -2.24. The zero-order valence-electron chi connectivity index (χ0n) is 15.3. The minimum Gasteiger partial charge on any atom is -0.341 e. The Morgan fingerprint density at radius 3 is 1.97 bits per heavy atom. The number of hydrogen-bond acceptors (Lipinski definition) is 5. The van der Waals surface area contributed by atoms with Gasteiger partial charge in [-0.3, -0.25) is 9.52 Å². The average Bonchev–Trinajstić information content (AvgIpc) is 3.25. The minimum absolute atomic E-state index is 0.216. The van der Waals surface area contributed by atoms with Gasteiger partial charge in [0.25, 0.3) is 15.9 Å². The molecule has 0 radical (unpaired) electrons. The average molecular weight is 431 g/mol. The molecular formula is C19H18N4O4S2. The molecule has 0 aliphatic carbocycles. The van der Waals surface area contributed by atoms with E-state index in [4.69, 9.17) is 0 Å². The number of amides is 3. The number of rotatable bonds is 6. The number of nitrogens with one attached hydrogen (secondary N) is 4. The van der Waals surface area contributed by atoms with Crippen molar-refractivity contribution in [2.45, 2.75) is 4.21 Å². The van der Waals surface area contributed by atoms with Crippen LogP contribution in [0, 0.1) is 0 Å². The van der Waals surface area contributed by atoms with E-state index in [9.17, 15) is 18.0 Å². The van der Waals surface area contributed by atoms with Gasteiger partial charge in [0.2, 0.25) is 0 Å². The van der Waals surface area contributed by atoms with Crippen molar-refractivity contribution in [1.29, 1.82) is 0 Å². The third-order valence-corrected chi connectivity index (χ3v) is 6.57. The van der Waals surface area contributed by atoms with Gasteiger partial charge in [-0.25, -0.2) is 13.2 Å². The molecule has 150 valence electrons. The molecule has 0 spiro atoms. The van der Waals surface area contributed by atoms with E-state index in [0.717, 1.165) is 11.3 Å². The van der Waals surface area contributed by atoms with Crippen LogP contribution in [0.2, 0.25) is 0 Å². The summed E-state index contributed by atoms with van der Waals surface area (Å²) in [7, 11) is -2.12. The molecule has 0 atom stereocenters. The molecule has 4 N–H and O–H groups in total.